The highest BCUT2D eigenvalue weighted by molar-refractivity contribution is 5.76. The Hall–Kier alpha value is -2.24. The predicted molar refractivity (Wildman–Crippen MR) is 74.7 cm³/mol. The Bertz CT molecular complexity index is 526. The molecule has 2 rings (SSSR count). The Labute approximate surface area is 118 Å². The molecule has 2 aromatic heterocycles. The third-order valence-electron chi connectivity index (χ3n) is 3.34. The van der Waals surface area contributed by atoms with Crippen LogP contribution in [0.15, 0.2) is 37.1 Å². The molecule has 0 saturated heterocycles. The molecule has 6 heteroatoms. The van der Waals surface area contributed by atoms with Crippen molar-refractivity contribution in [1.29, 1.82) is 0 Å². The molecular formula is C14H19N5O. The lowest BCUT2D eigenvalue weighted by molar-refractivity contribution is -0.132. The number of rotatable bonds is 6. The minimum atomic E-state index is -0.0461. The summed E-state index contributed by atoms with van der Waals surface area (Å²) in [5.41, 5.74) is 0.850. The fourth-order valence-corrected chi connectivity index (χ4v) is 1.96. The molecule has 0 spiro atoms. The second-order valence-electron chi connectivity index (χ2n) is 4.69. The van der Waals surface area contributed by atoms with Crippen molar-refractivity contribution in [2.75, 3.05) is 7.05 Å². The first-order valence-corrected chi connectivity index (χ1v) is 6.67. The molecule has 0 radical (unpaired) electrons. The molecule has 6 nitrogen and oxygen atoms in total. The summed E-state index contributed by atoms with van der Waals surface area (Å²) < 4.78 is 1.83. The second kappa shape index (κ2) is 6.79. The number of aryl methyl sites for hydroxylation is 1. The van der Waals surface area contributed by atoms with E-state index in [-0.39, 0.29) is 11.9 Å². The molecule has 0 aliphatic carbocycles. The van der Waals surface area contributed by atoms with Gasteiger partial charge in [-0.15, -0.1) is 0 Å². The molecule has 1 atom stereocenters. The summed E-state index contributed by atoms with van der Waals surface area (Å²) in [4.78, 5) is 21.9. The number of carbonyl (C=O) groups excluding carboxylic acids is 1. The lowest BCUT2D eigenvalue weighted by Gasteiger charge is -2.24. The first kappa shape index (κ1) is 14.2. The lowest BCUT2D eigenvalue weighted by Crippen LogP contribution is -2.30. The van der Waals surface area contributed by atoms with Gasteiger partial charge in [0.05, 0.1) is 11.7 Å². The number of hydrogen-bond acceptors (Lipinski definition) is 4. The summed E-state index contributed by atoms with van der Waals surface area (Å²) in [6.45, 7) is 2.72. The van der Waals surface area contributed by atoms with Gasteiger partial charge in [0, 0.05) is 38.6 Å². The maximum absolute atomic E-state index is 12.1. The van der Waals surface area contributed by atoms with Gasteiger partial charge in [0.25, 0.3) is 0 Å². The predicted octanol–water partition coefficient (Wildman–Crippen LogP) is 1.67. The topological polar surface area (TPSA) is 63.9 Å². The Morgan fingerprint density at radius 1 is 1.45 bits per heavy atom. The largest absolute Gasteiger partial charge is 0.337 e. The van der Waals surface area contributed by atoms with Crippen LogP contribution >= 0.6 is 0 Å². The molecule has 0 aromatic carbocycles. The standard InChI is InChI=1S/C14H19N5O/c1-12(13-6-8-15-11-16-13)18(2)14(20)5-3-9-19-10-4-7-17-19/h4,6-8,10-12H,3,5,9H2,1-2H3. The van der Waals surface area contributed by atoms with Gasteiger partial charge in [-0.1, -0.05) is 0 Å². The Balaban J connectivity index is 1.82. The van der Waals surface area contributed by atoms with Gasteiger partial charge in [0.2, 0.25) is 5.91 Å². The van der Waals surface area contributed by atoms with Crippen LogP contribution in [0.3, 0.4) is 0 Å². The van der Waals surface area contributed by atoms with Crippen LogP contribution in [0, 0.1) is 0 Å². The summed E-state index contributed by atoms with van der Waals surface area (Å²) in [6, 6.07) is 3.67. The first-order valence-electron chi connectivity index (χ1n) is 6.67. The van der Waals surface area contributed by atoms with Crippen molar-refractivity contribution in [3.8, 4) is 0 Å². The zero-order valence-corrected chi connectivity index (χ0v) is 11.8. The van der Waals surface area contributed by atoms with Crippen LogP contribution in [-0.2, 0) is 11.3 Å². The van der Waals surface area contributed by atoms with Crippen LogP contribution in [0.4, 0.5) is 0 Å². The van der Waals surface area contributed by atoms with Crippen molar-refractivity contribution in [3.05, 3.63) is 42.7 Å². The van der Waals surface area contributed by atoms with Gasteiger partial charge in [-0.3, -0.25) is 9.48 Å². The van der Waals surface area contributed by atoms with E-state index < -0.39 is 0 Å². The average molecular weight is 273 g/mol. The average Bonchev–Trinajstić information content (AvgIpc) is 2.99. The molecule has 2 aromatic rings. The fourth-order valence-electron chi connectivity index (χ4n) is 1.96. The Morgan fingerprint density at radius 2 is 2.30 bits per heavy atom. The number of nitrogens with zero attached hydrogens (tertiary/aromatic N) is 5. The van der Waals surface area contributed by atoms with Crippen LogP contribution in [0.1, 0.15) is 31.5 Å². The van der Waals surface area contributed by atoms with E-state index in [4.69, 9.17) is 0 Å². The molecule has 0 saturated carbocycles. The van der Waals surface area contributed by atoms with Gasteiger partial charge in [0.1, 0.15) is 6.33 Å². The van der Waals surface area contributed by atoms with Crippen LogP contribution in [0.25, 0.3) is 0 Å². The van der Waals surface area contributed by atoms with Gasteiger partial charge in [-0.25, -0.2) is 9.97 Å². The summed E-state index contributed by atoms with van der Waals surface area (Å²) in [7, 11) is 1.81. The van der Waals surface area contributed by atoms with E-state index in [1.807, 2.05) is 37.0 Å². The van der Waals surface area contributed by atoms with Gasteiger partial charge in [0.15, 0.2) is 0 Å². The third kappa shape index (κ3) is 3.63. The molecular weight excluding hydrogens is 254 g/mol. The zero-order chi connectivity index (χ0) is 14.4. The first-order chi connectivity index (χ1) is 9.68. The normalized spacial score (nSPS) is 12.1. The molecule has 0 aliphatic rings. The molecule has 2 heterocycles. The molecule has 20 heavy (non-hydrogen) atoms. The smallest absolute Gasteiger partial charge is 0.222 e. The molecule has 106 valence electrons. The summed E-state index contributed by atoms with van der Waals surface area (Å²) >= 11 is 0. The maximum atomic E-state index is 12.1. The van der Waals surface area contributed by atoms with Crippen LogP contribution in [0.5, 0.6) is 0 Å². The monoisotopic (exact) mass is 273 g/mol. The highest BCUT2D eigenvalue weighted by Gasteiger charge is 2.17. The van der Waals surface area contributed by atoms with Crippen molar-refractivity contribution in [2.24, 2.45) is 0 Å². The van der Waals surface area contributed by atoms with Gasteiger partial charge < -0.3 is 4.90 Å². The number of carbonyl (C=O) groups is 1. The minimum Gasteiger partial charge on any atom is -0.337 e. The quantitative estimate of drug-likeness (QED) is 0.803. The second-order valence-corrected chi connectivity index (χ2v) is 4.69. The van der Waals surface area contributed by atoms with Crippen LogP contribution in [0.2, 0.25) is 0 Å². The van der Waals surface area contributed by atoms with Crippen molar-refractivity contribution in [3.63, 3.8) is 0 Å². The maximum Gasteiger partial charge on any atom is 0.222 e. The number of aromatic nitrogens is 4. The Morgan fingerprint density at radius 3 is 2.95 bits per heavy atom. The Kier molecular flexibility index (Phi) is 4.81. The van der Waals surface area contributed by atoms with E-state index in [0.717, 1.165) is 18.7 Å². The van der Waals surface area contributed by atoms with Crippen molar-refractivity contribution in [2.45, 2.75) is 32.4 Å². The van der Waals surface area contributed by atoms with E-state index in [9.17, 15) is 4.79 Å². The van der Waals surface area contributed by atoms with E-state index in [1.54, 1.807) is 17.3 Å². The van der Waals surface area contributed by atoms with Gasteiger partial charge in [-0.05, 0) is 25.5 Å². The lowest BCUT2D eigenvalue weighted by atomic mass is 10.2. The molecule has 1 amide bonds. The number of hydrogen-bond donors (Lipinski definition) is 0. The highest BCUT2D eigenvalue weighted by atomic mass is 16.2. The van der Waals surface area contributed by atoms with Crippen molar-refractivity contribution < 1.29 is 4.79 Å². The van der Waals surface area contributed by atoms with Crippen LogP contribution in [-0.4, -0.2) is 37.6 Å². The highest BCUT2D eigenvalue weighted by Crippen LogP contribution is 2.16. The molecule has 0 aliphatic heterocycles. The third-order valence-corrected chi connectivity index (χ3v) is 3.34. The van der Waals surface area contributed by atoms with E-state index in [1.165, 1.54) is 6.33 Å². The van der Waals surface area contributed by atoms with E-state index >= 15 is 0 Å². The van der Waals surface area contributed by atoms with Crippen molar-refractivity contribution >= 4 is 5.91 Å². The fraction of sp³-hybridized carbons (Fsp3) is 0.429. The molecule has 0 fully saturated rings. The minimum absolute atomic E-state index is 0.0461. The molecule has 0 N–H and O–H groups in total. The van der Waals surface area contributed by atoms with Crippen molar-refractivity contribution in [1.82, 2.24) is 24.6 Å². The number of amides is 1. The summed E-state index contributed by atoms with van der Waals surface area (Å²) in [5, 5.41) is 4.12. The summed E-state index contributed by atoms with van der Waals surface area (Å²) in [5.74, 6) is 0.114. The van der Waals surface area contributed by atoms with Gasteiger partial charge >= 0.3 is 0 Å². The van der Waals surface area contributed by atoms with E-state index in [0.29, 0.717) is 6.42 Å². The van der Waals surface area contributed by atoms with Crippen LogP contribution < -0.4 is 0 Å². The van der Waals surface area contributed by atoms with E-state index in [2.05, 4.69) is 15.1 Å². The molecule has 1 unspecified atom stereocenters. The SMILES string of the molecule is CC(c1ccncn1)N(C)C(=O)CCCn1cccn1. The zero-order valence-electron chi connectivity index (χ0n) is 11.8. The molecule has 0 bridgehead atoms. The summed E-state index contributed by atoms with van der Waals surface area (Å²) in [6.07, 6.45) is 8.12. The van der Waals surface area contributed by atoms with Gasteiger partial charge in [-0.2, -0.15) is 5.10 Å².